The van der Waals surface area contributed by atoms with Gasteiger partial charge in [-0.1, -0.05) is 0 Å². The van der Waals surface area contributed by atoms with Crippen LogP contribution in [-0.4, -0.2) is 52.2 Å². The molecule has 184 valence electrons. The van der Waals surface area contributed by atoms with E-state index in [-0.39, 0.29) is 40.5 Å². The van der Waals surface area contributed by atoms with Crippen molar-refractivity contribution in [3.63, 3.8) is 0 Å². The molecule has 0 bridgehead atoms. The molecular weight excluding hydrogens is 475 g/mol. The van der Waals surface area contributed by atoms with Gasteiger partial charge in [0.2, 0.25) is 5.43 Å². The summed E-state index contributed by atoms with van der Waals surface area (Å²) in [5, 5.41) is 11.1. The number of methoxy groups -OCH3 is 1. The van der Waals surface area contributed by atoms with Gasteiger partial charge < -0.3 is 29.1 Å². The van der Waals surface area contributed by atoms with Crippen molar-refractivity contribution in [2.75, 3.05) is 31.6 Å². The number of nitrogens with zero attached hydrogens (tertiary/aromatic N) is 2. The number of aromatic nitrogens is 1. The lowest BCUT2D eigenvalue weighted by Crippen LogP contribution is -2.33. The third-order valence-corrected chi connectivity index (χ3v) is 6.57. The van der Waals surface area contributed by atoms with Gasteiger partial charge in [-0.15, -0.1) is 0 Å². The number of anilines is 1. The molecule has 1 aromatic heterocycles. The lowest BCUT2D eigenvalue weighted by Gasteiger charge is -2.33. The number of benzene rings is 1. The molecule has 13 heteroatoms. The second kappa shape index (κ2) is 9.10. The van der Waals surface area contributed by atoms with E-state index in [1.54, 1.807) is 9.47 Å². The van der Waals surface area contributed by atoms with Gasteiger partial charge in [0.25, 0.3) is 0 Å². The number of carboxylic acids is 1. The molecule has 0 spiro atoms. The van der Waals surface area contributed by atoms with Crippen molar-refractivity contribution in [3.05, 3.63) is 45.3 Å². The monoisotopic (exact) mass is 499 g/mol. The van der Waals surface area contributed by atoms with Crippen LogP contribution in [0.1, 0.15) is 42.1 Å². The Morgan fingerprint density at radius 2 is 2.06 bits per heavy atom. The van der Waals surface area contributed by atoms with Crippen molar-refractivity contribution in [1.82, 2.24) is 9.65 Å². The number of ether oxygens (including phenoxy) is 1. The predicted molar refractivity (Wildman–Crippen MR) is 120 cm³/mol. The van der Waals surface area contributed by atoms with Crippen molar-refractivity contribution < 1.29 is 37.8 Å². The van der Waals surface area contributed by atoms with Gasteiger partial charge in [0.1, 0.15) is 17.1 Å². The Balaban J connectivity index is 1.83. The zero-order chi connectivity index (χ0) is 24.8. The van der Waals surface area contributed by atoms with E-state index < -0.39 is 42.9 Å². The highest BCUT2D eigenvalue weighted by molar-refractivity contribution is 7.49. The maximum absolute atomic E-state index is 15.4. The fourth-order valence-corrected chi connectivity index (χ4v) is 4.65. The van der Waals surface area contributed by atoms with Gasteiger partial charge in [0, 0.05) is 25.3 Å². The maximum atomic E-state index is 15.4. The van der Waals surface area contributed by atoms with E-state index >= 15 is 4.39 Å². The molecule has 1 saturated heterocycles. The van der Waals surface area contributed by atoms with Crippen LogP contribution in [0.25, 0.3) is 10.9 Å². The summed E-state index contributed by atoms with van der Waals surface area (Å²) in [7, 11) is -3.29. The van der Waals surface area contributed by atoms with Gasteiger partial charge in [-0.3, -0.25) is 4.79 Å². The molecule has 4 rings (SSSR count). The third kappa shape index (κ3) is 4.72. The average molecular weight is 499 g/mol. The molecule has 0 unspecified atom stereocenters. The molecule has 1 aliphatic carbocycles. The number of hydrogen-bond donors (Lipinski definition) is 4. The average Bonchev–Trinajstić information content (AvgIpc) is 3.62. The van der Waals surface area contributed by atoms with Crippen LogP contribution in [-0.2, 0) is 4.57 Å². The fourth-order valence-electron chi connectivity index (χ4n) is 4.31. The zero-order valence-corrected chi connectivity index (χ0v) is 19.1. The Bertz CT molecular complexity index is 1300. The minimum atomic E-state index is -4.61. The van der Waals surface area contributed by atoms with Crippen molar-refractivity contribution in [1.29, 1.82) is 0 Å². The molecule has 10 nitrogen and oxygen atoms in total. The fraction of sp³-hybridized carbons (Fsp3) is 0.429. The number of halogens is 2. The maximum Gasteiger partial charge on any atom is 0.400 e. The normalized spacial score (nSPS) is 18.3. The highest BCUT2D eigenvalue weighted by atomic mass is 31.2. The minimum Gasteiger partial charge on any atom is -0.492 e. The summed E-state index contributed by atoms with van der Waals surface area (Å²) in [6.07, 6.45) is 3.57. The molecule has 4 N–H and O–H groups in total. The summed E-state index contributed by atoms with van der Waals surface area (Å²) >= 11 is 0. The first kappa shape index (κ1) is 24.3. The number of aromatic carboxylic acids is 1. The molecule has 34 heavy (non-hydrogen) atoms. The number of pyridine rings is 1. The van der Waals surface area contributed by atoms with E-state index in [4.69, 9.17) is 14.5 Å². The van der Waals surface area contributed by atoms with Crippen LogP contribution >= 0.6 is 7.75 Å². The van der Waals surface area contributed by atoms with Crippen LogP contribution in [0.4, 0.5) is 14.5 Å². The van der Waals surface area contributed by atoms with Crippen molar-refractivity contribution in [2.45, 2.75) is 31.7 Å². The van der Waals surface area contributed by atoms with Crippen LogP contribution in [0.15, 0.2) is 28.5 Å². The smallest absolute Gasteiger partial charge is 0.400 e. The van der Waals surface area contributed by atoms with Crippen LogP contribution in [0.2, 0.25) is 0 Å². The first-order valence-electron chi connectivity index (χ1n) is 10.6. The predicted octanol–water partition coefficient (Wildman–Crippen LogP) is 2.69. The van der Waals surface area contributed by atoms with Crippen molar-refractivity contribution in [2.24, 2.45) is 0 Å². The van der Waals surface area contributed by atoms with Gasteiger partial charge >= 0.3 is 13.7 Å². The SMILES string of the molecule is COc1c(N2CCC/C(=C(\F)CNP(=O)(O)O)C2)c(F)cc2c(=O)c(C(=O)O)cn(C3CC3)c12. The summed E-state index contributed by atoms with van der Waals surface area (Å²) < 4.78 is 48.2. The summed E-state index contributed by atoms with van der Waals surface area (Å²) in [6, 6.07) is 0.936. The standard InChI is InChI=1S/C21H24F2N3O7P/c1-33-20-17-13(19(27)14(21(28)29)10-26(17)12-4-5-12)7-15(22)18(20)25-6-2-3-11(9-25)16(23)8-24-34(30,31)32/h7,10,12H,2-6,8-9H2,1H3,(H,28,29)(H3,24,30,31,32)/b16-11+. The Kier molecular flexibility index (Phi) is 6.52. The van der Waals surface area contributed by atoms with Crippen LogP contribution < -0.4 is 20.2 Å². The zero-order valence-electron chi connectivity index (χ0n) is 18.3. The number of piperidine rings is 1. The molecule has 2 aromatic rings. The van der Waals surface area contributed by atoms with E-state index in [1.807, 2.05) is 5.09 Å². The summed E-state index contributed by atoms with van der Waals surface area (Å²) in [4.78, 5) is 43.8. The Labute approximate surface area is 192 Å². The van der Waals surface area contributed by atoms with Crippen molar-refractivity contribution >= 4 is 30.3 Å². The molecule has 2 heterocycles. The first-order valence-corrected chi connectivity index (χ1v) is 12.2. The van der Waals surface area contributed by atoms with Gasteiger partial charge in [-0.2, -0.15) is 0 Å². The summed E-state index contributed by atoms with van der Waals surface area (Å²) in [5.41, 5.74) is -0.737. The number of fused-ring (bicyclic) bond motifs is 1. The molecule has 2 aliphatic rings. The topological polar surface area (TPSA) is 141 Å². The van der Waals surface area contributed by atoms with Gasteiger partial charge in [-0.25, -0.2) is 23.2 Å². The van der Waals surface area contributed by atoms with E-state index in [0.717, 1.165) is 18.9 Å². The van der Waals surface area contributed by atoms with E-state index in [9.17, 15) is 23.7 Å². The highest BCUT2D eigenvalue weighted by Crippen LogP contribution is 2.44. The Morgan fingerprint density at radius 3 is 2.65 bits per heavy atom. The molecule has 1 aliphatic heterocycles. The number of rotatable bonds is 7. The van der Waals surface area contributed by atoms with Crippen molar-refractivity contribution in [3.8, 4) is 5.75 Å². The van der Waals surface area contributed by atoms with E-state index in [2.05, 4.69) is 0 Å². The van der Waals surface area contributed by atoms with E-state index in [0.29, 0.717) is 19.4 Å². The van der Waals surface area contributed by atoms with Gasteiger partial charge in [0.05, 0.1) is 24.6 Å². The second-order valence-electron chi connectivity index (χ2n) is 8.36. The van der Waals surface area contributed by atoms with Gasteiger partial charge in [0.15, 0.2) is 11.6 Å². The Morgan fingerprint density at radius 1 is 1.35 bits per heavy atom. The molecule has 1 aromatic carbocycles. The van der Waals surface area contributed by atoms with Gasteiger partial charge in [-0.05, 0) is 37.3 Å². The molecule has 0 amide bonds. The number of hydrogen-bond acceptors (Lipinski definition) is 5. The molecular formula is C21H24F2N3O7P. The third-order valence-electron chi connectivity index (χ3n) is 6.00. The second-order valence-corrected chi connectivity index (χ2v) is 9.77. The quantitative estimate of drug-likeness (QED) is 0.423. The largest absolute Gasteiger partial charge is 0.492 e. The summed E-state index contributed by atoms with van der Waals surface area (Å²) in [5.74, 6) is -2.92. The van der Waals surface area contributed by atoms with E-state index in [1.165, 1.54) is 13.3 Å². The summed E-state index contributed by atoms with van der Waals surface area (Å²) in [6.45, 7) is -0.360. The molecule has 2 fully saturated rings. The minimum absolute atomic E-state index is 0.0137. The van der Waals surface area contributed by atoms with Crippen LogP contribution in [0, 0.1) is 5.82 Å². The Hall–Kier alpha value is -2.79. The molecule has 0 radical (unpaired) electrons. The lowest BCUT2D eigenvalue weighted by atomic mass is 10.0. The van der Waals surface area contributed by atoms with Crippen LogP contribution in [0.3, 0.4) is 0 Å². The first-order chi connectivity index (χ1) is 16.0. The lowest BCUT2D eigenvalue weighted by molar-refractivity contribution is 0.0694. The molecule has 1 saturated carbocycles. The number of carboxylic acid groups (broad SMARTS) is 1. The molecule has 0 atom stereocenters. The number of nitrogens with one attached hydrogen (secondary N) is 1. The number of carbonyl (C=O) groups is 1. The highest BCUT2D eigenvalue weighted by Gasteiger charge is 2.32. The van der Waals surface area contributed by atoms with Crippen LogP contribution in [0.5, 0.6) is 5.75 Å².